The molecule has 0 saturated carbocycles. The zero-order chi connectivity index (χ0) is 14.5. The molecule has 1 aromatic carbocycles. The largest absolute Gasteiger partial charge is 0.493 e. The molecule has 1 heterocycles. The molecule has 0 spiro atoms. The first-order chi connectivity index (χ1) is 9.56. The lowest BCUT2D eigenvalue weighted by molar-refractivity contribution is -0.883. The molecule has 2 rings (SSSR count). The molecule has 20 heavy (non-hydrogen) atoms. The Bertz CT molecular complexity index is 434. The topological polar surface area (TPSA) is 34.0 Å². The first-order valence-electron chi connectivity index (χ1n) is 7.39. The van der Waals surface area contributed by atoms with E-state index >= 15 is 0 Å². The predicted octanol–water partition coefficient (Wildman–Crippen LogP) is 0.692. The highest BCUT2D eigenvalue weighted by molar-refractivity contribution is 5.94. The average Bonchev–Trinajstić information content (AvgIpc) is 2.46. The van der Waals surface area contributed by atoms with Crippen LogP contribution in [0.5, 0.6) is 5.75 Å². The summed E-state index contributed by atoms with van der Waals surface area (Å²) in [7, 11) is 2.17. The molecule has 0 aromatic heterocycles. The van der Waals surface area contributed by atoms with Crippen molar-refractivity contribution in [2.24, 2.45) is 5.92 Å². The summed E-state index contributed by atoms with van der Waals surface area (Å²) >= 11 is 0. The van der Waals surface area contributed by atoms with Crippen LogP contribution in [-0.2, 0) is 0 Å². The van der Waals surface area contributed by atoms with Crippen LogP contribution in [0.2, 0.25) is 0 Å². The Balaban J connectivity index is 1.93. The van der Waals surface area contributed by atoms with Gasteiger partial charge in [-0.2, -0.15) is 0 Å². The number of carbonyl (C=O) groups excluding carboxylic acids is 1. The highest BCUT2D eigenvalue weighted by Gasteiger charge is 2.22. The van der Waals surface area contributed by atoms with Gasteiger partial charge in [-0.15, -0.1) is 0 Å². The van der Waals surface area contributed by atoms with E-state index in [1.807, 2.05) is 29.2 Å². The van der Waals surface area contributed by atoms with Crippen molar-refractivity contribution in [3.05, 3.63) is 29.8 Å². The van der Waals surface area contributed by atoms with Gasteiger partial charge in [-0.05, 0) is 30.2 Å². The third-order valence-corrected chi connectivity index (χ3v) is 3.59. The summed E-state index contributed by atoms with van der Waals surface area (Å²) in [6, 6.07) is 7.50. The second-order valence-electron chi connectivity index (χ2n) is 5.98. The number of hydrogen-bond acceptors (Lipinski definition) is 2. The van der Waals surface area contributed by atoms with Crippen molar-refractivity contribution in [1.82, 2.24) is 4.90 Å². The molecular weight excluding hydrogens is 252 g/mol. The fraction of sp³-hybridized carbons (Fsp3) is 0.562. The van der Waals surface area contributed by atoms with Gasteiger partial charge in [0, 0.05) is 5.56 Å². The summed E-state index contributed by atoms with van der Waals surface area (Å²) in [5, 5.41) is 0. The van der Waals surface area contributed by atoms with E-state index < -0.39 is 0 Å². The van der Waals surface area contributed by atoms with Crippen molar-refractivity contribution in [2.45, 2.75) is 13.8 Å². The van der Waals surface area contributed by atoms with Crippen LogP contribution in [0.1, 0.15) is 24.2 Å². The number of hydrogen-bond donors (Lipinski definition) is 1. The molecule has 0 radical (unpaired) electrons. The number of benzene rings is 1. The molecule has 0 aliphatic carbocycles. The van der Waals surface area contributed by atoms with Crippen LogP contribution in [0.25, 0.3) is 0 Å². The molecule has 4 nitrogen and oxygen atoms in total. The molecule has 0 atom stereocenters. The Morgan fingerprint density at radius 3 is 2.40 bits per heavy atom. The van der Waals surface area contributed by atoms with E-state index in [9.17, 15) is 4.79 Å². The van der Waals surface area contributed by atoms with Gasteiger partial charge < -0.3 is 14.5 Å². The predicted molar refractivity (Wildman–Crippen MR) is 79.3 cm³/mol. The molecule has 1 aliphatic rings. The van der Waals surface area contributed by atoms with Gasteiger partial charge in [0.2, 0.25) is 0 Å². The molecular formula is C16H25N2O2+. The van der Waals surface area contributed by atoms with Crippen LogP contribution in [0.3, 0.4) is 0 Å². The van der Waals surface area contributed by atoms with E-state index in [0.717, 1.165) is 37.5 Å². The number of ether oxygens (including phenoxy) is 1. The van der Waals surface area contributed by atoms with Gasteiger partial charge in [0.15, 0.2) is 0 Å². The fourth-order valence-corrected chi connectivity index (χ4v) is 2.23. The second kappa shape index (κ2) is 6.75. The van der Waals surface area contributed by atoms with Gasteiger partial charge in [0.05, 0.1) is 39.8 Å². The highest BCUT2D eigenvalue weighted by atomic mass is 16.5. The van der Waals surface area contributed by atoms with Crippen LogP contribution >= 0.6 is 0 Å². The molecule has 1 saturated heterocycles. The third-order valence-electron chi connectivity index (χ3n) is 3.59. The molecule has 1 aromatic rings. The number of carbonyl (C=O) groups is 1. The monoisotopic (exact) mass is 277 g/mol. The highest BCUT2D eigenvalue weighted by Crippen LogP contribution is 2.14. The Kier molecular flexibility index (Phi) is 5.01. The van der Waals surface area contributed by atoms with Crippen LogP contribution < -0.4 is 9.64 Å². The first-order valence-corrected chi connectivity index (χ1v) is 7.39. The third kappa shape index (κ3) is 3.97. The molecule has 110 valence electrons. The van der Waals surface area contributed by atoms with Crippen molar-refractivity contribution in [3.63, 3.8) is 0 Å². The smallest absolute Gasteiger partial charge is 0.254 e. The lowest BCUT2D eigenvalue weighted by Crippen LogP contribution is -3.12. The minimum Gasteiger partial charge on any atom is -0.493 e. The van der Waals surface area contributed by atoms with E-state index in [1.165, 1.54) is 4.90 Å². The normalized spacial score (nSPS) is 16.5. The van der Waals surface area contributed by atoms with Gasteiger partial charge in [-0.1, -0.05) is 13.8 Å². The average molecular weight is 277 g/mol. The van der Waals surface area contributed by atoms with Crippen molar-refractivity contribution >= 4 is 5.91 Å². The minimum absolute atomic E-state index is 0.132. The number of amides is 1. The summed E-state index contributed by atoms with van der Waals surface area (Å²) in [6.07, 6.45) is 0. The maximum atomic E-state index is 12.4. The quantitative estimate of drug-likeness (QED) is 0.879. The molecule has 0 unspecified atom stereocenters. The first kappa shape index (κ1) is 14.9. The molecule has 0 bridgehead atoms. The summed E-state index contributed by atoms with van der Waals surface area (Å²) < 4.78 is 5.63. The summed E-state index contributed by atoms with van der Waals surface area (Å²) in [5.74, 6) is 1.47. The van der Waals surface area contributed by atoms with E-state index in [2.05, 4.69) is 20.9 Å². The Hall–Kier alpha value is -1.55. The zero-order valence-corrected chi connectivity index (χ0v) is 12.7. The van der Waals surface area contributed by atoms with E-state index in [1.54, 1.807) is 0 Å². The Morgan fingerprint density at radius 2 is 1.85 bits per heavy atom. The van der Waals surface area contributed by atoms with E-state index in [4.69, 9.17) is 4.74 Å². The number of quaternary nitrogens is 1. The molecule has 1 amide bonds. The van der Waals surface area contributed by atoms with Crippen LogP contribution in [0.4, 0.5) is 0 Å². The maximum Gasteiger partial charge on any atom is 0.254 e. The Labute approximate surface area is 121 Å². The van der Waals surface area contributed by atoms with Gasteiger partial charge >= 0.3 is 0 Å². The number of likely N-dealkylation sites (N-methyl/N-ethyl adjacent to an activating group) is 1. The SMILES string of the molecule is CC(C)COc1ccc(C(=O)N2CC[NH+](C)CC2)cc1. The summed E-state index contributed by atoms with van der Waals surface area (Å²) in [6.45, 7) is 8.68. The van der Waals surface area contributed by atoms with Crippen LogP contribution in [0.15, 0.2) is 24.3 Å². The summed E-state index contributed by atoms with van der Waals surface area (Å²) in [4.78, 5) is 15.8. The van der Waals surface area contributed by atoms with Gasteiger partial charge in [-0.3, -0.25) is 4.79 Å². The van der Waals surface area contributed by atoms with Crippen LogP contribution in [0, 0.1) is 5.92 Å². The number of rotatable bonds is 4. The van der Waals surface area contributed by atoms with Crippen molar-refractivity contribution in [1.29, 1.82) is 0 Å². The number of piperazine rings is 1. The van der Waals surface area contributed by atoms with Gasteiger partial charge in [0.25, 0.3) is 5.91 Å². The summed E-state index contributed by atoms with van der Waals surface area (Å²) in [5.41, 5.74) is 0.751. The van der Waals surface area contributed by atoms with Crippen molar-refractivity contribution in [3.8, 4) is 5.75 Å². The molecule has 1 aliphatic heterocycles. The second-order valence-corrected chi connectivity index (χ2v) is 5.98. The fourth-order valence-electron chi connectivity index (χ4n) is 2.23. The van der Waals surface area contributed by atoms with Gasteiger partial charge in [-0.25, -0.2) is 0 Å². The van der Waals surface area contributed by atoms with E-state index in [-0.39, 0.29) is 5.91 Å². The maximum absolute atomic E-state index is 12.4. The van der Waals surface area contributed by atoms with Crippen LogP contribution in [-0.4, -0.2) is 50.6 Å². The number of nitrogens with zero attached hydrogens (tertiary/aromatic N) is 1. The lowest BCUT2D eigenvalue weighted by Gasteiger charge is -2.30. The zero-order valence-electron chi connectivity index (χ0n) is 12.7. The standard InChI is InChI=1S/C16H24N2O2/c1-13(2)12-20-15-6-4-14(5-7-15)16(19)18-10-8-17(3)9-11-18/h4-7,13H,8-12H2,1-3H3/p+1. The molecule has 1 fully saturated rings. The molecule has 4 heteroatoms. The molecule has 1 N–H and O–H groups in total. The Morgan fingerprint density at radius 1 is 1.25 bits per heavy atom. The van der Waals surface area contributed by atoms with Crippen molar-refractivity contribution in [2.75, 3.05) is 39.8 Å². The van der Waals surface area contributed by atoms with Crippen molar-refractivity contribution < 1.29 is 14.4 Å². The van der Waals surface area contributed by atoms with E-state index in [0.29, 0.717) is 12.5 Å². The van der Waals surface area contributed by atoms with Gasteiger partial charge in [0.1, 0.15) is 5.75 Å². The minimum atomic E-state index is 0.132. The lowest BCUT2D eigenvalue weighted by atomic mass is 10.1. The number of nitrogens with one attached hydrogen (secondary N) is 1.